The average molecular weight is 286 g/mol. The molecule has 0 atom stereocenters. The maximum atomic E-state index is 13.2. The third-order valence-electron chi connectivity index (χ3n) is 1.85. The fourth-order valence-corrected chi connectivity index (χ4v) is 2.28. The normalized spacial score (nSPS) is 10.3. The minimum absolute atomic E-state index is 0.0512. The van der Waals surface area contributed by atoms with Gasteiger partial charge in [-0.05, 0) is 28.1 Å². The second kappa shape index (κ2) is 4.20. The molecule has 0 fully saturated rings. The number of hydrogen-bond acceptors (Lipinski definition) is 3. The predicted molar refractivity (Wildman–Crippen MR) is 59.6 cm³/mol. The monoisotopic (exact) mass is 285 g/mol. The standard InChI is InChI=1S/C10H5BrFNOS/c11-9-3-6(5-15-9)10(14)7-1-2-13-4-8(7)12/h1-5H. The molecule has 2 nitrogen and oxygen atoms in total. The molecular weight excluding hydrogens is 281 g/mol. The van der Waals surface area contributed by atoms with Crippen molar-refractivity contribution in [3.05, 3.63) is 50.6 Å². The Labute approximate surface area is 97.9 Å². The Balaban J connectivity index is 2.41. The van der Waals surface area contributed by atoms with Crippen molar-refractivity contribution in [2.24, 2.45) is 0 Å². The molecule has 15 heavy (non-hydrogen) atoms. The summed E-state index contributed by atoms with van der Waals surface area (Å²) in [7, 11) is 0. The number of thiophene rings is 1. The third kappa shape index (κ3) is 2.13. The fourth-order valence-electron chi connectivity index (χ4n) is 1.14. The molecule has 5 heteroatoms. The number of pyridine rings is 1. The van der Waals surface area contributed by atoms with Crippen LogP contribution in [0.4, 0.5) is 4.39 Å². The van der Waals surface area contributed by atoms with Crippen LogP contribution in [-0.4, -0.2) is 10.8 Å². The number of rotatable bonds is 2. The van der Waals surface area contributed by atoms with E-state index >= 15 is 0 Å². The highest BCUT2D eigenvalue weighted by atomic mass is 79.9. The van der Waals surface area contributed by atoms with Gasteiger partial charge in [-0.25, -0.2) is 4.39 Å². The lowest BCUT2D eigenvalue weighted by Crippen LogP contribution is -2.02. The van der Waals surface area contributed by atoms with Crippen molar-refractivity contribution in [2.45, 2.75) is 0 Å². The highest BCUT2D eigenvalue weighted by molar-refractivity contribution is 9.11. The van der Waals surface area contributed by atoms with Gasteiger partial charge in [-0.1, -0.05) is 0 Å². The van der Waals surface area contributed by atoms with Crippen LogP contribution in [0.15, 0.2) is 33.7 Å². The van der Waals surface area contributed by atoms with Crippen LogP contribution in [0, 0.1) is 5.82 Å². The minimum Gasteiger partial charge on any atom is -0.288 e. The first-order valence-electron chi connectivity index (χ1n) is 4.07. The Hall–Kier alpha value is -1.07. The number of aromatic nitrogens is 1. The van der Waals surface area contributed by atoms with Gasteiger partial charge in [0.05, 0.1) is 15.5 Å². The Morgan fingerprint density at radius 1 is 1.53 bits per heavy atom. The van der Waals surface area contributed by atoms with Gasteiger partial charge in [0.2, 0.25) is 0 Å². The Bertz CT molecular complexity index is 512. The number of ketones is 1. The zero-order valence-corrected chi connectivity index (χ0v) is 9.81. The minimum atomic E-state index is -0.593. The number of carbonyl (C=O) groups is 1. The van der Waals surface area contributed by atoms with Gasteiger partial charge in [-0.3, -0.25) is 9.78 Å². The predicted octanol–water partition coefficient (Wildman–Crippen LogP) is 3.28. The van der Waals surface area contributed by atoms with Gasteiger partial charge in [0.1, 0.15) is 0 Å². The van der Waals surface area contributed by atoms with Crippen molar-refractivity contribution in [1.29, 1.82) is 0 Å². The summed E-state index contributed by atoms with van der Waals surface area (Å²) in [5.41, 5.74) is 0.535. The second-order valence-electron chi connectivity index (χ2n) is 2.82. The van der Waals surface area contributed by atoms with Gasteiger partial charge in [0.15, 0.2) is 11.6 Å². The van der Waals surface area contributed by atoms with Crippen LogP contribution >= 0.6 is 27.3 Å². The van der Waals surface area contributed by atoms with Crippen molar-refractivity contribution in [1.82, 2.24) is 4.98 Å². The van der Waals surface area contributed by atoms with Crippen LogP contribution in [0.2, 0.25) is 0 Å². The second-order valence-corrected chi connectivity index (χ2v) is 5.11. The number of halogens is 2. The lowest BCUT2D eigenvalue weighted by Gasteiger charge is -1.98. The Morgan fingerprint density at radius 3 is 2.93 bits per heavy atom. The molecule has 76 valence electrons. The molecule has 0 aliphatic heterocycles. The first kappa shape index (κ1) is 10.4. The van der Waals surface area contributed by atoms with E-state index in [-0.39, 0.29) is 11.3 Å². The smallest absolute Gasteiger partial charge is 0.196 e. The van der Waals surface area contributed by atoms with Gasteiger partial charge in [-0.2, -0.15) is 0 Å². The first-order valence-corrected chi connectivity index (χ1v) is 5.74. The van der Waals surface area contributed by atoms with Crippen molar-refractivity contribution in [3.8, 4) is 0 Å². The van der Waals surface area contributed by atoms with Gasteiger partial charge in [0.25, 0.3) is 0 Å². The van der Waals surface area contributed by atoms with E-state index in [2.05, 4.69) is 20.9 Å². The van der Waals surface area contributed by atoms with E-state index in [1.165, 1.54) is 23.6 Å². The summed E-state index contributed by atoms with van der Waals surface area (Å²) < 4.78 is 14.1. The summed E-state index contributed by atoms with van der Waals surface area (Å²) in [5.74, 6) is -0.915. The van der Waals surface area contributed by atoms with Crippen molar-refractivity contribution in [2.75, 3.05) is 0 Å². The summed E-state index contributed by atoms with van der Waals surface area (Å²) in [6, 6.07) is 3.05. The van der Waals surface area contributed by atoms with E-state index in [1.54, 1.807) is 11.4 Å². The molecule has 2 heterocycles. The van der Waals surface area contributed by atoms with E-state index < -0.39 is 5.82 Å². The van der Waals surface area contributed by atoms with Gasteiger partial charge < -0.3 is 0 Å². The molecule has 0 saturated heterocycles. The Kier molecular flexibility index (Phi) is 2.93. The van der Waals surface area contributed by atoms with E-state index in [0.717, 1.165) is 9.98 Å². The number of hydrogen-bond donors (Lipinski definition) is 0. The number of carbonyl (C=O) groups excluding carboxylic acids is 1. The van der Waals surface area contributed by atoms with Gasteiger partial charge in [-0.15, -0.1) is 11.3 Å². The molecule has 0 unspecified atom stereocenters. The van der Waals surface area contributed by atoms with Crippen LogP contribution in [0.25, 0.3) is 0 Å². The molecule has 0 amide bonds. The maximum absolute atomic E-state index is 13.2. The Morgan fingerprint density at radius 2 is 2.33 bits per heavy atom. The number of nitrogens with zero attached hydrogens (tertiary/aromatic N) is 1. The maximum Gasteiger partial charge on any atom is 0.196 e. The van der Waals surface area contributed by atoms with Crippen LogP contribution in [0.3, 0.4) is 0 Å². The summed E-state index contributed by atoms with van der Waals surface area (Å²) in [5, 5.41) is 1.69. The van der Waals surface area contributed by atoms with E-state index in [1.807, 2.05) is 0 Å². The third-order valence-corrected chi connectivity index (χ3v) is 3.35. The molecule has 0 saturated carbocycles. The van der Waals surface area contributed by atoms with Crippen molar-refractivity contribution in [3.63, 3.8) is 0 Å². The van der Waals surface area contributed by atoms with Crippen LogP contribution < -0.4 is 0 Å². The molecule has 0 radical (unpaired) electrons. The molecule has 0 bridgehead atoms. The molecule has 2 aromatic rings. The highest BCUT2D eigenvalue weighted by Crippen LogP contribution is 2.23. The molecule has 0 N–H and O–H groups in total. The average Bonchev–Trinajstić information content (AvgIpc) is 2.65. The summed E-state index contributed by atoms with van der Waals surface area (Å²) in [6.07, 6.45) is 2.44. The molecule has 0 aliphatic rings. The summed E-state index contributed by atoms with van der Waals surface area (Å²) in [4.78, 5) is 15.4. The van der Waals surface area contributed by atoms with E-state index in [4.69, 9.17) is 0 Å². The van der Waals surface area contributed by atoms with E-state index in [0.29, 0.717) is 5.56 Å². The highest BCUT2D eigenvalue weighted by Gasteiger charge is 2.14. The van der Waals surface area contributed by atoms with Crippen molar-refractivity contribution < 1.29 is 9.18 Å². The zero-order chi connectivity index (χ0) is 10.8. The topological polar surface area (TPSA) is 30.0 Å². The van der Waals surface area contributed by atoms with Crippen LogP contribution in [-0.2, 0) is 0 Å². The van der Waals surface area contributed by atoms with Crippen LogP contribution in [0.1, 0.15) is 15.9 Å². The molecule has 2 rings (SSSR count). The molecular formula is C10H5BrFNOS. The first-order chi connectivity index (χ1) is 7.18. The SMILES string of the molecule is O=C(c1csc(Br)c1)c1ccncc1F. The molecule has 0 spiro atoms. The van der Waals surface area contributed by atoms with Gasteiger partial charge in [0, 0.05) is 17.1 Å². The lowest BCUT2D eigenvalue weighted by atomic mass is 10.1. The largest absolute Gasteiger partial charge is 0.288 e. The lowest BCUT2D eigenvalue weighted by molar-refractivity contribution is 0.103. The molecule has 0 aromatic carbocycles. The van der Waals surface area contributed by atoms with E-state index in [9.17, 15) is 9.18 Å². The van der Waals surface area contributed by atoms with Crippen molar-refractivity contribution >= 4 is 33.0 Å². The summed E-state index contributed by atoms with van der Waals surface area (Å²) >= 11 is 4.64. The van der Waals surface area contributed by atoms with Crippen LogP contribution in [0.5, 0.6) is 0 Å². The zero-order valence-electron chi connectivity index (χ0n) is 7.41. The molecule has 2 aromatic heterocycles. The fraction of sp³-hybridized carbons (Fsp3) is 0. The quantitative estimate of drug-likeness (QED) is 0.793. The van der Waals surface area contributed by atoms with Gasteiger partial charge >= 0.3 is 0 Å². The molecule has 0 aliphatic carbocycles. The summed E-state index contributed by atoms with van der Waals surface area (Å²) in [6.45, 7) is 0.